The van der Waals surface area contributed by atoms with Crippen molar-refractivity contribution < 1.29 is 0 Å². The summed E-state index contributed by atoms with van der Waals surface area (Å²) in [4.78, 5) is 4.34. The molecule has 1 aliphatic heterocycles. The third-order valence-electron chi connectivity index (χ3n) is 3.92. The van der Waals surface area contributed by atoms with Gasteiger partial charge in [-0.2, -0.15) is 0 Å². The second kappa shape index (κ2) is 4.58. The van der Waals surface area contributed by atoms with Crippen LogP contribution in [0.2, 0.25) is 0 Å². The molecule has 0 unspecified atom stereocenters. The van der Waals surface area contributed by atoms with E-state index in [1.54, 1.807) is 0 Å². The molecule has 0 bridgehead atoms. The molecule has 3 heteroatoms. The largest absolute Gasteiger partial charge is 0.309 e. The molecule has 1 aliphatic rings. The Bertz CT molecular complexity index is 551. The number of hydrogen-bond donors (Lipinski definition) is 1. The number of rotatable bonds is 2. The van der Waals surface area contributed by atoms with Gasteiger partial charge < -0.3 is 9.88 Å². The minimum atomic E-state index is 0.451. The molecular formula is C15H19N3. The van der Waals surface area contributed by atoms with Crippen LogP contribution in [0.15, 0.2) is 30.7 Å². The SMILES string of the molecule is Cc1cccc(-n2cncc2[C@@H]2CCCN2)c1C. The molecule has 18 heavy (non-hydrogen) atoms. The molecule has 0 saturated carbocycles. The zero-order chi connectivity index (χ0) is 12.5. The average molecular weight is 241 g/mol. The van der Waals surface area contributed by atoms with Gasteiger partial charge in [0, 0.05) is 11.7 Å². The molecule has 1 aromatic heterocycles. The Morgan fingerprint density at radius 3 is 3.00 bits per heavy atom. The fraction of sp³-hybridized carbons (Fsp3) is 0.400. The lowest BCUT2D eigenvalue weighted by molar-refractivity contribution is 0.614. The molecule has 94 valence electrons. The third-order valence-corrected chi connectivity index (χ3v) is 3.92. The number of aryl methyl sites for hydroxylation is 1. The van der Waals surface area contributed by atoms with Gasteiger partial charge in [0.1, 0.15) is 0 Å². The first-order valence-electron chi connectivity index (χ1n) is 6.59. The molecular weight excluding hydrogens is 222 g/mol. The highest BCUT2D eigenvalue weighted by atomic mass is 15.1. The van der Waals surface area contributed by atoms with Gasteiger partial charge in [0.2, 0.25) is 0 Å². The van der Waals surface area contributed by atoms with E-state index in [1.807, 2.05) is 12.5 Å². The summed E-state index contributed by atoms with van der Waals surface area (Å²) < 4.78 is 2.23. The second-order valence-electron chi connectivity index (χ2n) is 5.06. The van der Waals surface area contributed by atoms with Gasteiger partial charge in [-0.25, -0.2) is 4.98 Å². The van der Waals surface area contributed by atoms with Crippen LogP contribution >= 0.6 is 0 Å². The first-order valence-corrected chi connectivity index (χ1v) is 6.59. The van der Waals surface area contributed by atoms with Gasteiger partial charge in [0.05, 0.1) is 18.2 Å². The lowest BCUT2D eigenvalue weighted by Gasteiger charge is -2.16. The van der Waals surface area contributed by atoms with Gasteiger partial charge in [-0.05, 0) is 50.4 Å². The predicted molar refractivity (Wildman–Crippen MR) is 73.0 cm³/mol. The normalized spacial score (nSPS) is 19.3. The van der Waals surface area contributed by atoms with Crippen LogP contribution in [-0.2, 0) is 0 Å². The quantitative estimate of drug-likeness (QED) is 0.876. The number of aromatic nitrogens is 2. The van der Waals surface area contributed by atoms with Gasteiger partial charge in [0.25, 0.3) is 0 Å². The van der Waals surface area contributed by atoms with Crippen LogP contribution in [0.3, 0.4) is 0 Å². The monoisotopic (exact) mass is 241 g/mol. The van der Waals surface area contributed by atoms with E-state index in [4.69, 9.17) is 0 Å². The van der Waals surface area contributed by atoms with E-state index in [1.165, 1.54) is 35.3 Å². The lowest BCUT2D eigenvalue weighted by atomic mass is 10.1. The van der Waals surface area contributed by atoms with Gasteiger partial charge >= 0.3 is 0 Å². The number of nitrogens with zero attached hydrogens (tertiary/aromatic N) is 2. The van der Waals surface area contributed by atoms with Gasteiger partial charge in [-0.1, -0.05) is 12.1 Å². The first-order chi connectivity index (χ1) is 8.77. The van der Waals surface area contributed by atoms with Crippen molar-refractivity contribution in [3.63, 3.8) is 0 Å². The number of hydrogen-bond acceptors (Lipinski definition) is 2. The maximum atomic E-state index is 4.34. The number of nitrogens with one attached hydrogen (secondary N) is 1. The third kappa shape index (κ3) is 1.85. The van der Waals surface area contributed by atoms with E-state index in [0.29, 0.717) is 6.04 Å². The van der Waals surface area contributed by atoms with Crippen LogP contribution in [0.1, 0.15) is 35.7 Å². The van der Waals surface area contributed by atoms with Crippen molar-refractivity contribution >= 4 is 0 Å². The van der Waals surface area contributed by atoms with Crippen molar-refractivity contribution in [3.8, 4) is 5.69 Å². The number of benzene rings is 1. The van der Waals surface area contributed by atoms with Crippen LogP contribution < -0.4 is 5.32 Å². The first kappa shape index (κ1) is 11.5. The molecule has 1 saturated heterocycles. The molecule has 0 amide bonds. The Morgan fingerprint density at radius 1 is 1.33 bits per heavy atom. The topological polar surface area (TPSA) is 29.9 Å². The van der Waals surface area contributed by atoms with Crippen LogP contribution in [0.25, 0.3) is 5.69 Å². The highest BCUT2D eigenvalue weighted by Crippen LogP contribution is 2.26. The Morgan fingerprint density at radius 2 is 2.22 bits per heavy atom. The van der Waals surface area contributed by atoms with E-state index in [9.17, 15) is 0 Å². The smallest absolute Gasteiger partial charge is 0.0994 e. The summed E-state index contributed by atoms with van der Waals surface area (Å²) >= 11 is 0. The summed E-state index contributed by atoms with van der Waals surface area (Å²) in [6.45, 7) is 5.45. The summed E-state index contributed by atoms with van der Waals surface area (Å²) in [5.74, 6) is 0. The fourth-order valence-electron chi connectivity index (χ4n) is 2.70. The molecule has 1 aromatic carbocycles. The fourth-order valence-corrected chi connectivity index (χ4v) is 2.70. The minimum absolute atomic E-state index is 0.451. The Labute approximate surface area is 108 Å². The van der Waals surface area contributed by atoms with Crippen LogP contribution in [0.5, 0.6) is 0 Å². The van der Waals surface area contributed by atoms with E-state index >= 15 is 0 Å². The van der Waals surface area contributed by atoms with Crippen LogP contribution in [0.4, 0.5) is 0 Å². The Kier molecular flexibility index (Phi) is 2.92. The molecule has 1 N–H and O–H groups in total. The second-order valence-corrected chi connectivity index (χ2v) is 5.06. The maximum absolute atomic E-state index is 4.34. The van der Waals surface area contributed by atoms with E-state index in [-0.39, 0.29) is 0 Å². The molecule has 0 radical (unpaired) electrons. The zero-order valence-electron chi connectivity index (χ0n) is 11.0. The molecule has 2 aromatic rings. The highest BCUT2D eigenvalue weighted by molar-refractivity contribution is 5.46. The van der Waals surface area contributed by atoms with Crippen molar-refractivity contribution in [1.82, 2.24) is 14.9 Å². The van der Waals surface area contributed by atoms with E-state index in [2.05, 4.69) is 46.9 Å². The van der Waals surface area contributed by atoms with E-state index < -0.39 is 0 Å². The van der Waals surface area contributed by atoms with Crippen molar-refractivity contribution in [1.29, 1.82) is 0 Å². The van der Waals surface area contributed by atoms with Crippen molar-refractivity contribution in [2.45, 2.75) is 32.7 Å². The zero-order valence-corrected chi connectivity index (χ0v) is 11.0. The van der Waals surface area contributed by atoms with Crippen molar-refractivity contribution in [3.05, 3.63) is 47.5 Å². The van der Waals surface area contributed by atoms with Gasteiger partial charge in [-0.3, -0.25) is 0 Å². The van der Waals surface area contributed by atoms with Gasteiger partial charge in [0.15, 0.2) is 0 Å². The molecule has 3 rings (SSSR count). The minimum Gasteiger partial charge on any atom is -0.309 e. The Balaban J connectivity index is 2.06. The van der Waals surface area contributed by atoms with Crippen molar-refractivity contribution in [2.24, 2.45) is 0 Å². The maximum Gasteiger partial charge on any atom is 0.0994 e. The molecule has 0 aliphatic carbocycles. The Hall–Kier alpha value is -1.61. The summed E-state index contributed by atoms with van der Waals surface area (Å²) in [5, 5.41) is 3.54. The highest BCUT2D eigenvalue weighted by Gasteiger charge is 2.20. The summed E-state index contributed by atoms with van der Waals surface area (Å²) in [6.07, 6.45) is 6.38. The van der Waals surface area contributed by atoms with Gasteiger partial charge in [-0.15, -0.1) is 0 Å². The summed E-state index contributed by atoms with van der Waals surface area (Å²) in [5.41, 5.74) is 5.18. The van der Waals surface area contributed by atoms with E-state index in [0.717, 1.165) is 6.54 Å². The molecule has 1 atom stereocenters. The lowest BCUT2D eigenvalue weighted by Crippen LogP contribution is -2.16. The molecule has 3 nitrogen and oxygen atoms in total. The molecule has 0 spiro atoms. The average Bonchev–Trinajstić information content (AvgIpc) is 3.01. The number of imidazole rings is 1. The molecule has 2 heterocycles. The standard InChI is InChI=1S/C15H19N3/c1-11-5-3-7-14(12(11)2)18-10-16-9-15(18)13-6-4-8-17-13/h3,5,7,9-10,13,17H,4,6,8H2,1-2H3/t13-/m0/s1. The predicted octanol–water partition coefficient (Wildman–Crippen LogP) is 2.91. The summed E-state index contributed by atoms with van der Waals surface area (Å²) in [7, 11) is 0. The summed E-state index contributed by atoms with van der Waals surface area (Å²) in [6, 6.07) is 6.89. The molecule has 1 fully saturated rings. The van der Waals surface area contributed by atoms with Crippen LogP contribution in [0, 0.1) is 13.8 Å². The van der Waals surface area contributed by atoms with Crippen molar-refractivity contribution in [2.75, 3.05) is 6.54 Å². The van der Waals surface area contributed by atoms with Crippen LogP contribution in [-0.4, -0.2) is 16.1 Å².